The monoisotopic (exact) mass is 162 g/mol. The first kappa shape index (κ1) is 7.24. The molecule has 2 aromatic rings. The molecule has 0 unspecified atom stereocenters. The van der Waals surface area contributed by atoms with Gasteiger partial charge >= 0.3 is 0 Å². The van der Waals surface area contributed by atoms with E-state index >= 15 is 0 Å². The molecule has 0 saturated carbocycles. The summed E-state index contributed by atoms with van der Waals surface area (Å²) in [5.41, 5.74) is 6.41. The van der Waals surface area contributed by atoms with E-state index in [2.05, 4.69) is 9.97 Å². The molecule has 2 N–H and O–H groups in total. The fraction of sp³-hybridized carbons (Fsp3) is 0.250. The number of aromatic nitrogens is 3. The van der Waals surface area contributed by atoms with E-state index in [1.54, 1.807) is 6.20 Å². The van der Waals surface area contributed by atoms with Crippen molar-refractivity contribution in [3.63, 3.8) is 0 Å². The van der Waals surface area contributed by atoms with Gasteiger partial charge < -0.3 is 5.73 Å². The molecule has 0 spiro atoms. The van der Waals surface area contributed by atoms with Gasteiger partial charge in [-0.05, 0) is 12.6 Å². The van der Waals surface area contributed by atoms with Gasteiger partial charge in [-0.2, -0.15) is 0 Å². The van der Waals surface area contributed by atoms with Crippen LogP contribution < -0.4 is 5.73 Å². The molecule has 0 aliphatic rings. The summed E-state index contributed by atoms with van der Waals surface area (Å²) in [6.07, 6.45) is 6.35. The molecular weight excluding hydrogens is 152 g/mol. The molecule has 2 aromatic heterocycles. The zero-order valence-corrected chi connectivity index (χ0v) is 6.64. The Bertz CT molecular complexity index is 379. The summed E-state index contributed by atoms with van der Waals surface area (Å²) in [6.45, 7) is 0.629. The summed E-state index contributed by atoms with van der Waals surface area (Å²) in [5.74, 6) is 0.737. The first-order chi connectivity index (χ1) is 5.90. The fourth-order valence-electron chi connectivity index (χ4n) is 1.13. The number of fused-ring (bicyclic) bond motifs is 1. The predicted octanol–water partition coefficient (Wildman–Crippen LogP) is 0.230. The van der Waals surface area contributed by atoms with Crippen LogP contribution >= 0.6 is 0 Å². The van der Waals surface area contributed by atoms with Gasteiger partial charge in [-0.15, -0.1) is 0 Å². The Hall–Kier alpha value is -1.42. The normalized spacial score (nSPS) is 10.8. The van der Waals surface area contributed by atoms with E-state index in [4.69, 9.17) is 5.73 Å². The summed E-state index contributed by atoms with van der Waals surface area (Å²) >= 11 is 0. The second kappa shape index (κ2) is 2.91. The minimum atomic E-state index is 0.629. The number of rotatable bonds is 2. The lowest BCUT2D eigenvalue weighted by Crippen LogP contribution is -2.05. The third-order valence-electron chi connectivity index (χ3n) is 1.72. The van der Waals surface area contributed by atoms with Crippen molar-refractivity contribution in [1.82, 2.24) is 14.4 Å². The molecule has 2 rings (SSSR count). The number of imidazole rings is 1. The highest BCUT2D eigenvalue weighted by molar-refractivity contribution is 5.28. The van der Waals surface area contributed by atoms with Crippen molar-refractivity contribution in [3.05, 3.63) is 30.4 Å². The van der Waals surface area contributed by atoms with Crippen LogP contribution in [0.2, 0.25) is 0 Å². The summed E-state index contributed by atoms with van der Waals surface area (Å²) in [4.78, 5) is 8.37. The maximum absolute atomic E-state index is 5.41. The zero-order valence-electron chi connectivity index (χ0n) is 6.64. The van der Waals surface area contributed by atoms with Crippen molar-refractivity contribution in [2.75, 3.05) is 6.54 Å². The third kappa shape index (κ3) is 1.16. The molecule has 4 nitrogen and oxygen atoms in total. The van der Waals surface area contributed by atoms with E-state index in [-0.39, 0.29) is 0 Å². The molecule has 0 saturated heterocycles. The van der Waals surface area contributed by atoms with E-state index in [1.165, 1.54) is 0 Å². The van der Waals surface area contributed by atoms with Gasteiger partial charge in [-0.1, -0.05) is 0 Å². The van der Waals surface area contributed by atoms with E-state index in [9.17, 15) is 0 Å². The number of nitrogens with two attached hydrogens (primary N) is 1. The number of hydrogen-bond donors (Lipinski definition) is 1. The maximum Gasteiger partial charge on any atom is 0.233 e. The maximum atomic E-state index is 5.41. The molecule has 0 bridgehead atoms. The average molecular weight is 162 g/mol. The molecule has 0 aliphatic heterocycles. The second-order valence-corrected chi connectivity index (χ2v) is 2.59. The molecule has 0 atom stereocenters. The Balaban J connectivity index is 2.46. The second-order valence-electron chi connectivity index (χ2n) is 2.59. The standard InChI is InChI=1S/C8H10N4/c9-3-1-7-2-5-12-6-4-10-8(12)11-7/h2,4-6H,1,3,9H2. The Morgan fingerprint density at radius 1 is 1.42 bits per heavy atom. The smallest absolute Gasteiger partial charge is 0.233 e. The van der Waals surface area contributed by atoms with Crippen molar-refractivity contribution in [2.24, 2.45) is 5.73 Å². The highest BCUT2D eigenvalue weighted by Gasteiger charge is 1.96. The van der Waals surface area contributed by atoms with Crippen LogP contribution in [0.5, 0.6) is 0 Å². The SMILES string of the molecule is NCCc1ccn2ccnc2n1. The van der Waals surface area contributed by atoms with E-state index < -0.39 is 0 Å². The molecule has 0 fully saturated rings. The summed E-state index contributed by atoms with van der Waals surface area (Å²) < 4.78 is 1.88. The van der Waals surface area contributed by atoms with Crippen molar-refractivity contribution in [1.29, 1.82) is 0 Å². The minimum Gasteiger partial charge on any atom is -0.330 e. The van der Waals surface area contributed by atoms with Gasteiger partial charge in [-0.25, -0.2) is 9.97 Å². The summed E-state index contributed by atoms with van der Waals surface area (Å²) in [7, 11) is 0. The van der Waals surface area contributed by atoms with Crippen molar-refractivity contribution in [3.8, 4) is 0 Å². The first-order valence-electron chi connectivity index (χ1n) is 3.89. The molecule has 0 aromatic carbocycles. The molecule has 0 amide bonds. The topological polar surface area (TPSA) is 56.2 Å². The van der Waals surface area contributed by atoms with Crippen LogP contribution in [0.4, 0.5) is 0 Å². The highest BCUT2D eigenvalue weighted by Crippen LogP contribution is 1.99. The van der Waals surface area contributed by atoms with Crippen molar-refractivity contribution >= 4 is 5.78 Å². The van der Waals surface area contributed by atoms with Crippen LogP contribution in [0.25, 0.3) is 5.78 Å². The van der Waals surface area contributed by atoms with Gasteiger partial charge in [0.1, 0.15) is 0 Å². The van der Waals surface area contributed by atoms with Crippen molar-refractivity contribution < 1.29 is 0 Å². The summed E-state index contributed by atoms with van der Waals surface area (Å²) in [5, 5.41) is 0. The quantitative estimate of drug-likeness (QED) is 0.687. The highest BCUT2D eigenvalue weighted by atomic mass is 15.1. The van der Waals surface area contributed by atoms with Crippen LogP contribution in [0.3, 0.4) is 0 Å². The van der Waals surface area contributed by atoms with Gasteiger partial charge in [0.2, 0.25) is 5.78 Å². The predicted molar refractivity (Wildman–Crippen MR) is 45.7 cm³/mol. The van der Waals surface area contributed by atoms with Crippen LogP contribution in [-0.2, 0) is 6.42 Å². The summed E-state index contributed by atoms with van der Waals surface area (Å²) in [6, 6.07) is 1.96. The minimum absolute atomic E-state index is 0.629. The average Bonchev–Trinajstić information content (AvgIpc) is 2.51. The van der Waals surface area contributed by atoms with E-state index in [0.29, 0.717) is 6.54 Å². The van der Waals surface area contributed by atoms with Gasteiger partial charge in [0.25, 0.3) is 0 Å². The molecule has 2 heterocycles. The van der Waals surface area contributed by atoms with Gasteiger partial charge in [0.05, 0.1) is 0 Å². The van der Waals surface area contributed by atoms with E-state index in [1.807, 2.05) is 22.9 Å². The first-order valence-corrected chi connectivity index (χ1v) is 3.89. The molecule has 0 aliphatic carbocycles. The molecule has 0 radical (unpaired) electrons. The molecule has 62 valence electrons. The lowest BCUT2D eigenvalue weighted by Gasteiger charge is -1.97. The molecule has 12 heavy (non-hydrogen) atoms. The third-order valence-corrected chi connectivity index (χ3v) is 1.72. The van der Waals surface area contributed by atoms with Crippen LogP contribution in [0, 0.1) is 0 Å². The Morgan fingerprint density at radius 2 is 2.33 bits per heavy atom. The number of nitrogens with zero attached hydrogens (tertiary/aromatic N) is 3. The van der Waals surface area contributed by atoms with Gasteiger partial charge in [0, 0.05) is 30.7 Å². The Kier molecular flexibility index (Phi) is 1.75. The van der Waals surface area contributed by atoms with Gasteiger partial charge in [0.15, 0.2) is 0 Å². The largest absolute Gasteiger partial charge is 0.330 e. The van der Waals surface area contributed by atoms with Crippen LogP contribution in [0.15, 0.2) is 24.7 Å². The van der Waals surface area contributed by atoms with Crippen LogP contribution in [-0.4, -0.2) is 20.9 Å². The molecule has 4 heteroatoms. The van der Waals surface area contributed by atoms with Crippen LogP contribution in [0.1, 0.15) is 5.69 Å². The fourth-order valence-corrected chi connectivity index (χ4v) is 1.13. The Morgan fingerprint density at radius 3 is 3.17 bits per heavy atom. The number of hydrogen-bond acceptors (Lipinski definition) is 3. The Labute approximate surface area is 70.1 Å². The van der Waals surface area contributed by atoms with Gasteiger partial charge in [-0.3, -0.25) is 4.40 Å². The lowest BCUT2D eigenvalue weighted by atomic mass is 10.3. The van der Waals surface area contributed by atoms with E-state index in [0.717, 1.165) is 17.9 Å². The lowest BCUT2D eigenvalue weighted by molar-refractivity contribution is 0.911. The van der Waals surface area contributed by atoms with Crippen molar-refractivity contribution in [2.45, 2.75) is 6.42 Å². The molecular formula is C8H10N4. The zero-order chi connectivity index (χ0) is 8.39.